The lowest BCUT2D eigenvalue weighted by Gasteiger charge is -2.02. The SMILES string of the molecule is COc1cc2oc1c(OC)c2S(=O)(=O)O. The maximum absolute atomic E-state index is 11.0. The largest absolute Gasteiger partial charge is 0.493 e. The van der Waals surface area contributed by atoms with Crippen LogP contribution in [-0.4, -0.2) is 27.2 Å². The molecule has 0 aromatic carbocycles. The molecule has 0 saturated carbocycles. The van der Waals surface area contributed by atoms with Gasteiger partial charge in [0, 0.05) is 6.07 Å². The molecule has 1 N–H and O–H groups in total. The molecule has 0 unspecified atom stereocenters. The van der Waals surface area contributed by atoms with E-state index in [0.717, 1.165) is 0 Å². The molecule has 0 saturated heterocycles. The molecule has 0 aliphatic heterocycles. The van der Waals surface area contributed by atoms with Gasteiger partial charge in [0.05, 0.1) is 14.2 Å². The standard InChI is InChI=1S/C8H8O6S/c1-12-4-3-5-8(15(9,10)11)7(13-2)6(4)14-5/h3H,1-2H3,(H,9,10,11). The van der Waals surface area contributed by atoms with Crippen molar-refractivity contribution in [3.63, 3.8) is 0 Å². The van der Waals surface area contributed by atoms with Crippen LogP contribution in [0.1, 0.15) is 0 Å². The molecule has 2 aromatic heterocycles. The summed E-state index contributed by atoms with van der Waals surface area (Å²) in [6, 6.07) is 1.38. The lowest BCUT2D eigenvalue weighted by Crippen LogP contribution is -2.00. The van der Waals surface area contributed by atoms with Crippen LogP contribution in [0.2, 0.25) is 0 Å². The van der Waals surface area contributed by atoms with Crippen LogP contribution in [0.3, 0.4) is 0 Å². The van der Waals surface area contributed by atoms with Gasteiger partial charge in [-0.2, -0.15) is 8.42 Å². The molecule has 0 aliphatic carbocycles. The van der Waals surface area contributed by atoms with E-state index in [4.69, 9.17) is 18.4 Å². The van der Waals surface area contributed by atoms with Crippen molar-refractivity contribution >= 4 is 21.3 Å². The van der Waals surface area contributed by atoms with E-state index in [1.165, 1.54) is 20.3 Å². The molecule has 0 amide bonds. The number of furan rings is 2. The van der Waals surface area contributed by atoms with Crippen molar-refractivity contribution in [1.29, 1.82) is 0 Å². The lowest BCUT2D eigenvalue weighted by molar-refractivity contribution is 0.390. The second-order valence-electron chi connectivity index (χ2n) is 2.85. The summed E-state index contributed by atoms with van der Waals surface area (Å²) in [7, 11) is -1.65. The van der Waals surface area contributed by atoms with Crippen molar-refractivity contribution in [3.8, 4) is 11.5 Å². The van der Waals surface area contributed by atoms with Gasteiger partial charge < -0.3 is 13.9 Å². The Balaban J connectivity index is 2.80. The van der Waals surface area contributed by atoms with Gasteiger partial charge in [-0.05, 0) is 0 Å². The molecule has 0 spiro atoms. The van der Waals surface area contributed by atoms with Crippen LogP contribution in [-0.2, 0) is 10.1 Å². The third kappa shape index (κ3) is 1.31. The third-order valence-electron chi connectivity index (χ3n) is 2.02. The number of hydrogen-bond acceptors (Lipinski definition) is 5. The van der Waals surface area contributed by atoms with Gasteiger partial charge in [-0.25, -0.2) is 0 Å². The summed E-state index contributed by atoms with van der Waals surface area (Å²) >= 11 is 0. The second-order valence-corrected chi connectivity index (χ2v) is 4.20. The first-order valence-electron chi connectivity index (χ1n) is 3.93. The van der Waals surface area contributed by atoms with Crippen LogP contribution in [0.4, 0.5) is 0 Å². The highest BCUT2D eigenvalue weighted by Gasteiger charge is 2.30. The highest BCUT2D eigenvalue weighted by Crippen LogP contribution is 2.44. The van der Waals surface area contributed by atoms with Gasteiger partial charge in [-0.15, -0.1) is 0 Å². The fourth-order valence-corrected chi connectivity index (χ4v) is 2.21. The Bertz CT molecular complexity index is 581. The molecule has 6 nitrogen and oxygen atoms in total. The van der Waals surface area contributed by atoms with Gasteiger partial charge in [-0.3, -0.25) is 4.55 Å². The average Bonchev–Trinajstić information content (AvgIpc) is 2.71. The van der Waals surface area contributed by atoms with E-state index in [0.29, 0.717) is 5.75 Å². The predicted octanol–water partition coefficient (Wildman–Crippen LogP) is 1.13. The highest BCUT2D eigenvalue weighted by atomic mass is 32.2. The Kier molecular flexibility index (Phi) is 2.02. The Hall–Kier alpha value is -1.47. The van der Waals surface area contributed by atoms with E-state index in [1.807, 2.05) is 0 Å². The van der Waals surface area contributed by atoms with E-state index >= 15 is 0 Å². The summed E-state index contributed by atoms with van der Waals surface area (Å²) in [5.41, 5.74) is 0.184. The topological polar surface area (TPSA) is 86.0 Å². The summed E-state index contributed by atoms with van der Waals surface area (Å²) in [4.78, 5) is -0.360. The normalized spacial score (nSPS) is 12.2. The number of methoxy groups -OCH3 is 2. The van der Waals surface area contributed by atoms with Crippen LogP contribution in [0.5, 0.6) is 11.5 Å². The van der Waals surface area contributed by atoms with Crippen molar-refractivity contribution in [1.82, 2.24) is 0 Å². The Morgan fingerprint density at radius 2 is 2.00 bits per heavy atom. The first-order valence-corrected chi connectivity index (χ1v) is 5.37. The minimum Gasteiger partial charge on any atom is -0.493 e. The minimum atomic E-state index is -4.35. The van der Waals surface area contributed by atoms with E-state index in [2.05, 4.69) is 0 Å². The fraction of sp³-hybridized carbons (Fsp3) is 0.250. The number of benzene rings is 1. The number of hydrogen-bond donors (Lipinski definition) is 1. The van der Waals surface area contributed by atoms with Crippen molar-refractivity contribution in [3.05, 3.63) is 6.07 Å². The van der Waals surface area contributed by atoms with Gasteiger partial charge in [0.2, 0.25) is 5.58 Å². The summed E-state index contributed by atoms with van der Waals surface area (Å²) in [6.45, 7) is 0. The first-order chi connectivity index (χ1) is 6.99. The van der Waals surface area contributed by atoms with Crippen LogP contribution >= 0.6 is 0 Å². The van der Waals surface area contributed by atoms with Crippen molar-refractivity contribution < 1.29 is 26.9 Å². The average molecular weight is 232 g/mol. The minimum absolute atomic E-state index is 0.0150. The summed E-state index contributed by atoms with van der Waals surface area (Å²) in [5.74, 6) is 0.334. The Morgan fingerprint density at radius 1 is 1.33 bits per heavy atom. The zero-order valence-corrected chi connectivity index (χ0v) is 8.79. The zero-order valence-electron chi connectivity index (χ0n) is 7.97. The molecule has 2 bridgehead atoms. The molecular weight excluding hydrogens is 224 g/mol. The highest BCUT2D eigenvalue weighted by molar-refractivity contribution is 7.86. The fourth-order valence-electron chi connectivity index (χ4n) is 1.44. The predicted molar refractivity (Wildman–Crippen MR) is 50.3 cm³/mol. The first kappa shape index (κ1) is 10.1. The monoisotopic (exact) mass is 232 g/mol. The van der Waals surface area contributed by atoms with Crippen molar-refractivity contribution in [2.24, 2.45) is 0 Å². The lowest BCUT2D eigenvalue weighted by atomic mass is 10.3. The smallest absolute Gasteiger partial charge is 0.302 e. The molecule has 2 rings (SSSR count). The maximum Gasteiger partial charge on any atom is 0.302 e. The number of ether oxygens (including phenoxy) is 2. The quantitative estimate of drug-likeness (QED) is 0.798. The van der Waals surface area contributed by atoms with Gasteiger partial charge in [0.1, 0.15) is 0 Å². The zero-order chi connectivity index (χ0) is 11.2. The van der Waals surface area contributed by atoms with Crippen LogP contribution in [0, 0.1) is 0 Å². The Morgan fingerprint density at radius 3 is 2.47 bits per heavy atom. The molecule has 82 valence electrons. The molecule has 2 heterocycles. The Labute approximate surface area is 85.5 Å². The summed E-state index contributed by atoms with van der Waals surface area (Å²) in [6.07, 6.45) is 0. The van der Waals surface area contributed by atoms with Crippen molar-refractivity contribution in [2.45, 2.75) is 4.90 Å². The van der Waals surface area contributed by atoms with Gasteiger partial charge in [0.15, 0.2) is 22.0 Å². The summed E-state index contributed by atoms with van der Waals surface area (Å²) < 4.78 is 45.9. The second kappa shape index (κ2) is 3.01. The van der Waals surface area contributed by atoms with E-state index < -0.39 is 10.1 Å². The number of fused-ring (bicyclic) bond motifs is 2. The molecule has 7 heteroatoms. The third-order valence-corrected chi connectivity index (χ3v) is 2.92. The summed E-state index contributed by atoms with van der Waals surface area (Å²) in [5, 5.41) is 0. The van der Waals surface area contributed by atoms with Gasteiger partial charge >= 0.3 is 10.1 Å². The molecule has 2 aromatic rings. The molecule has 0 atom stereocenters. The molecule has 0 aliphatic rings. The van der Waals surface area contributed by atoms with Crippen LogP contribution < -0.4 is 9.47 Å². The van der Waals surface area contributed by atoms with E-state index in [9.17, 15) is 8.42 Å². The number of rotatable bonds is 3. The van der Waals surface area contributed by atoms with Crippen LogP contribution in [0.15, 0.2) is 15.4 Å². The van der Waals surface area contributed by atoms with Crippen molar-refractivity contribution in [2.75, 3.05) is 14.2 Å². The molecular formula is C8H8O6S. The molecule has 0 fully saturated rings. The van der Waals surface area contributed by atoms with E-state index in [-0.39, 0.29) is 21.8 Å². The van der Waals surface area contributed by atoms with Gasteiger partial charge in [-0.1, -0.05) is 0 Å². The van der Waals surface area contributed by atoms with Gasteiger partial charge in [0.25, 0.3) is 0 Å². The maximum atomic E-state index is 11.0. The van der Waals surface area contributed by atoms with E-state index in [1.54, 1.807) is 0 Å². The van der Waals surface area contributed by atoms with Crippen LogP contribution in [0.25, 0.3) is 11.2 Å². The molecule has 15 heavy (non-hydrogen) atoms. The molecule has 0 radical (unpaired) electrons.